The van der Waals surface area contributed by atoms with Crippen LogP contribution in [0.1, 0.15) is 12.8 Å². The van der Waals surface area contributed by atoms with Crippen LogP contribution in [0.4, 0.5) is 0 Å². The first-order valence-corrected chi connectivity index (χ1v) is 3.60. The van der Waals surface area contributed by atoms with Crippen molar-refractivity contribution in [3.05, 3.63) is 0 Å². The largest absolute Gasteiger partial charge is 0.392 e. The lowest BCUT2D eigenvalue weighted by Crippen LogP contribution is -2.22. The van der Waals surface area contributed by atoms with Gasteiger partial charge < -0.3 is 5.11 Å². The number of hydrogen-bond acceptors (Lipinski definition) is 3. The summed E-state index contributed by atoms with van der Waals surface area (Å²) < 4.78 is 0. The molecular formula is C7H12N2O. The van der Waals surface area contributed by atoms with Crippen LogP contribution in [-0.4, -0.2) is 35.7 Å². The quantitative estimate of drug-likeness (QED) is 0.585. The van der Waals surface area contributed by atoms with Crippen LogP contribution < -0.4 is 0 Å². The molecule has 1 rings (SSSR count). The topological polar surface area (TPSA) is 47.3 Å². The molecule has 0 bridgehead atoms. The van der Waals surface area contributed by atoms with E-state index in [1.807, 2.05) is 0 Å². The summed E-state index contributed by atoms with van der Waals surface area (Å²) in [6, 6.07) is 2.09. The van der Waals surface area contributed by atoms with Gasteiger partial charge in [0.25, 0.3) is 0 Å². The van der Waals surface area contributed by atoms with Gasteiger partial charge in [-0.1, -0.05) is 0 Å². The average molecular weight is 140 g/mol. The first kappa shape index (κ1) is 7.52. The van der Waals surface area contributed by atoms with Crippen molar-refractivity contribution in [1.29, 1.82) is 5.26 Å². The molecular weight excluding hydrogens is 128 g/mol. The summed E-state index contributed by atoms with van der Waals surface area (Å²) in [5, 5.41) is 17.3. The van der Waals surface area contributed by atoms with Crippen molar-refractivity contribution in [2.45, 2.75) is 18.9 Å². The molecule has 0 amide bonds. The molecule has 0 aromatic carbocycles. The number of aliphatic hydroxyl groups is 1. The lowest BCUT2D eigenvalue weighted by Gasteiger charge is -2.10. The molecule has 56 valence electrons. The molecule has 1 heterocycles. The number of likely N-dealkylation sites (tertiary alicyclic amines) is 1. The smallest absolute Gasteiger partial charge is 0.0679 e. The minimum atomic E-state index is -0.154. The minimum absolute atomic E-state index is 0.154. The van der Waals surface area contributed by atoms with Crippen molar-refractivity contribution in [3.63, 3.8) is 0 Å². The summed E-state index contributed by atoms with van der Waals surface area (Å²) in [7, 11) is 0. The van der Waals surface area contributed by atoms with Gasteiger partial charge in [0.05, 0.1) is 12.2 Å². The standard InChI is InChI=1S/C7H12N2O/c8-3-1-4-9-5-2-7(10)6-9/h7,10H,1-2,4-6H2/t7-/m0/s1. The number of nitriles is 1. The van der Waals surface area contributed by atoms with Crippen LogP contribution >= 0.6 is 0 Å². The van der Waals surface area contributed by atoms with Gasteiger partial charge >= 0.3 is 0 Å². The van der Waals surface area contributed by atoms with Crippen LogP contribution in [0, 0.1) is 11.3 Å². The maximum Gasteiger partial charge on any atom is 0.0679 e. The first-order chi connectivity index (χ1) is 4.83. The second-order valence-corrected chi connectivity index (χ2v) is 2.65. The Hall–Kier alpha value is -0.590. The molecule has 1 saturated heterocycles. The highest BCUT2D eigenvalue weighted by molar-refractivity contribution is 4.78. The van der Waals surface area contributed by atoms with Crippen molar-refractivity contribution in [3.8, 4) is 6.07 Å². The normalized spacial score (nSPS) is 26.6. The predicted octanol–water partition coefficient (Wildman–Crippen LogP) is -0.0333. The SMILES string of the molecule is N#CCCN1CC[C@H](O)C1. The Morgan fingerprint density at radius 3 is 3.00 bits per heavy atom. The Balaban J connectivity index is 2.14. The van der Waals surface area contributed by atoms with Crippen molar-refractivity contribution in [1.82, 2.24) is 4.90 Å². The molecule has 0 saturated carbocycles. The maximum absolute atomic E-state index is 9.07. The maximum atomic E-state index is 9.07. The van der Waals surface area contributed by atoms with E-state index in [9.17, 15) is 0 Å². The molecule has 1 aliphatic heterocycles. The Labute approximate surface area is 60.9 Å². The lowest BCUT2D eigenvalue weighted by molar-refractivity contribution is 0.177. The van der Waals surface area contributed by atoms with Gasteiger partial charge in [0.2, 0.25) is 0 Å². The monoisotopic (exact) mass is 140 g/mol. The molecule has 10 heavy (non-hydrogen) atoms. The van der Waals surface area contributed by atoms with E-state index >= 15 is 0 Å². The molecule has 0 aromatic heterocycles. The van der Waals surface area contributed by atoms with Crippen LogP contribution in [0.5, 0.6) is 0 Å². The first-order valence-electron chi connectivity index (χ1n) is 3.60. The summed E-state index contributed by atoms with van der Waals surface area (Å²) in [6.07, 6.45) is 1.29. The zero-order valence-corrected chi connectivity index (χ0v) is 5.95. The van der Waals surface area contributed by atoms with E-state index in [0.717, 1.165) is 26.1 Å². The fourth-order valence-electron chi connectivity index (χ4n) is 1.22. The van der Waals surface area contributed by atoms with Gasteiger partial charge in [0, 0.05) is 26.1 Å². The van der Waals surface area contributed by atoms with Crippen LogP contribution in [0.2, 0.25) is 0 Å². The molecule has 1 N–H and O–H groups in total. The fourth-order valence-corrected chi connectivity index (χ4v) is 1.22. The zero-order valence-electron chi connectivity index (χ0n) is 5.95. The van der Waals surface area contributed by atoms with Gasteiger partial charge in [0.15, 0.2) is 0 Å². The van der Waals surface area contributed by atoms with Crippen LogP contribution in [0.15, 0.2) is 0 Å². The molecule has 0 unspecified atom stereocenters. The second kappa shape index (κ2) is 3.55. The number of β-amino-alcohol motifs (C(OH)–C–C–N with tert-alkyl or cyclic N) is 1. The van der Waals surface area contributed by atoms with Gasteiger partial charge in [-0.3, -0.25) is 4.90 Å². The van der Waals surface area contributed by atoms with E-state index in [2.05, 4.69) is 11.0 Å². The van der Waals surface area contributed by atoms with Crippen molar-refractivity contribution in [2.24, 2.45) is 0 Å². The lowest BCUT2D eigenvalue weighted by atomic mass is 10.3. The highest BCUT2D eigenvalue weighted by atomic mass is 16.3. The number of nitrogens with zero attached hydrogens (tertiary/aromatic N) is 2. The highest BCUT2D eigenvalue weighted by Crippen LogP contribution is 2.07. The van der Waals surface area contributed by atoms with Crippen molar-refractivity contribution < 1.29 is 5.11 Å². The summed E-state index contributed by atoms with van der Waals surface area (Å²) in [4.78, 5) is 2.12. The molecule has 0 radical (unpaired) electrons. The van der Waals surface area contributed by atoms with Crippen molar-refractivity contribution in [2.75, 3.05) is 19.6 Å². The van der Waals surface area contributed by atoms with Gasteiger partial charge in [-0.15, -0.1) is 0 Å². The van der Waals surface area contributed by atoms with Gasteiger partial charge in [-0.05, 0) is 6.42 Å². The van der Waals surface area contributed by atoms with Crippen molar-refractivity contribution >= 4 is 0 Å². The summed E-state index contributed by atoms with van der Waals surface area (Å²) in [6.45, 7) is 2.51. The molecule has 1 atom stereocenters. The number of aliphatic hydroxyl groups excluding tert-OH is 1. The summed E-state index contributed by atoms with van der Waals surface area (Å²) >= 11 is 0. The summed E-state index contributed by atoms with van der Waals surface area (Å²) in [5.41, 5.74) is 0. The predicted molar refractivity (Wildman–Crippen MR) is 37.3 cm³/mol. The van der Waals surface area contributed by atoms with E-state index < -0.39 is 0 Å². The molecule has 1 fully saturated rings. The van der Waals surface area contributed by atoms with E-state index in [0.29, 0.717) is 6.42 Å². The van der Waals surface area contributed by atoms with E-state index in [1.165, 1.54) is 0 Å². The zero-order chi connectivity index (χ0) is 7.40. The number of hydrogen-bond donors (Lipinski definition) is 1. The van der Waals surface area contributed by atoms with Crippen LogP contribution in [0.25, 0.3) is 0 Å². The third-order valence-corrected chi connectivity index (χ3v) is 1.79. The van der Waals surface area contributed by atoms with E-state index in [4.69, 9.17) is 10.4 Å². The second-order valence-electron chi connectivity index (χ2n) is 2.65. The third-order valence-electron chi connectivity index (χ3n) is 1.79. The molecule has 1 aliphatic rings. The van der Waals surface area contributed by atoms with Crippen LogP contribution in [0.3, 0.4) is 0 Å². The highest BCUT2D eigenvalue weighted by Gasteiger charge is 2.18. The Morgan fingerprint density at radius 1 is 1.70 bits per heavy atom. The average Bonchev–Trinajstić information content (AvgIpc) is 2.31. The summed E-state index contributed by atoms with van der Waals surface area (Å²) in [5.74, 6) is 0. The van der Waals surface area contributed by atoms with E-state index in [-0.39, 0.29) is 6.10 Å². The molecule has 3 heteroatoms. The van der Waals surface area contributed by atoms with Gasteiger partial charge in [0.1, 0.15) is 0 Å². The number of rotatable bonds is 2. The van der Waals surface area contributed by atoms with E-state index in [1.54, 1.807) is 0 Å². The minimum Gasteiger partial charge on any atom is -0.392 e. The molecule has 0 aliphatic carbocycles. The third kappa shape index (κ3) is 1.98. The molecule has 0 spiro atoms. The molecule has 3 nitrogen and oxygen atoms in total. The molecule has 0 aromatic rings. The van der Waals surface area contributed by atoms with Crippen LogP contribution in [-0.2, 0) is 0 Å². The Bertz CT molecular complexity index is 141. The van der Waals surface area contributed by atoms with Gasteiger partial charge in [-0.25, -0.2) is 0 Å². The fraction of sp³-hybridized carbons (Fsp3) is 0.857. The Morgan fingerprint density at radius 2 is 2.50 bits per heavy atom. The Kier molecular flexibility index (Phi) is 2.67. The van der Waals surface area contributed by atoms with Gasteiger partial charge in [-0.2, -0.15) is 5.26 Å².